The minimum atomic E-state index is -0.527. The molecule has 3 rings (SSSR count). The molecule has 3 amide bonds. The molecule has 3 aromatic rings. The highest BCUT2D eigenvalue weighted by Gasteiger charge is 2.20. The Morgan fingerprint density at radius 3 is 1.88 bits per heavy atom. The molecule has 0 saturated heterocycles. The lowest BCUT2D eigenvalue weighted by Crippen LogP contribution is -2.40. The van der Waals surface area contributed by atoms with E-state index in [1.54, 1.807) is 42.6 Å². The number of hydrogen-bond donors (Lipinski definition) is 1. The van der Waals surface area contributed by atoms with Crippen LogP contribution >= 0.6 is 0 Å². The van der Waals surface area contributed by atoms with Crippen LogP contribution in [0.1, 0.15) is 10.4 Å². The van der Waals surface area contributed by atoms with Crippen LogP contribution < -0.4 is 10.2 Å². The van der Waals surface area contributed by atoms with Crippen LogP contribution in [0.5, 0.6) is 0 Å². The zero-order chi connectivity index (χ0) is 16.8. The van der Waals surface area contributed by atoms with Gasteiger partial charge in [0.05, 0.1) is 16.9 Å². The third-order valence-electron chi connectivity index (χ3n) is 3.38. The molecule has 118 valence electrons. The van der Waals surface area contributed by atoms with E-state index in [2.05, 4.69) is 10.3 Å². The van der Waals surface area contributed by atoms with E-state index in [0.29, 0.717) is 16.9 Å². The molecule has 0 aliphatic heterocycles. The number of hydrogen-bond acceptors (Lipinski definition) is 3. The second-order valence-corrected chi connectivity index (χ2v) is 5.01. The number of carbonyl (C=O) groups excluding carboxylic acids is 2. The van der Waals surface area contributed by atoms with Gasteiger partial charge in [0.2, 0.25) is 0 Å². The average molecular weight is 317 g/mol. The maximum absolute atomic E-state index is 12.7. The highest BCUT2D eigenvalue weighted by atomic mass is 16.2. The molecule has 24 heavy (non-hydrogen) atoms. The van der Waals surface area contributed by atoms with Gasteiger partial charge in [-0.1, -0.05) is 36.4 Å². The van der Waals surface area contributed by atoms with Crippen molar-refractivity contribution < 1.29 is 9.59 Å². The van der Waals surface area contributed by atoms with Crippen LogP contribution in [0.3, 0.4) is 0 Å². The molecule has 1 aromatic heterocycles. The van der Waals surface area contributed by atoms with Gasteiger partial charge in [0.1, 0.15) is 0 Å². The fraction of sp³-hybridized carbons (Fsp3) is 0. The Morgan fingerprint density at radius 1 is 0.792 bits per heavy atom. The minimum Gasteiger partial charge on any atom is -0.273 e. The summed E-state index contributed by atoms with van der Waals surface area (Å²) in [6.45, 7) is 0. The van der Waals surface area contributed by atoms with Crippen LogP contribution in [0.4, 0.5) is 16.2 Å². The highest BCUT2D eigenvalue weighted by Crippen LogP contribution is 2.24. The number of imide groups is 1. The van der Waals surface area contributed by atoms with E-state index >= 15 is 0 Å². The van der Waals surface area contributed by atoms with Gasteiger partial charge in [0.25, 0.3) is 5.91 Å². The summed E-state index contributed by atoms with van der Waals surface area (Å²) in [4.78, 5) is 30.3. The lowest BCUT2D eigenvalue weighted by Gasteiger charge is -2.22. The number of nitrogens with one attached hydrogen (secondary N) is 1. The number of anilines is 2. The summed E-state index contributed by atoms with van der Waals surface area (Å²) in [5.41, 5.74) is 1.66. The highest BCUT2D eigenvalue weighted by molar-refractivity contribution is 6.11. The Labute approximate surface area is 139 Å². The molecular formula is C19H15N3O2. The van der Waals surface area contributed by atoms with Crippen molar-refractivity contribution in [3.05, 3.63) is 90.8 Å². The van der Waals surface area contributed by atoms with Crippen molar-refractivity contribution >= 4 is 23.3 Å². The summed E-state index contributed by atoms with van der Waals surface area (Å²) in [7, 11) is 0. The Hall–Kier alpha value is -3.47. The summed E-state index contributed by atoms with van der Waals surface area (Å²) >= 11 is 0. The maximum Gasteiger partial charge on any atom is 0.333 e. The molecule has 0 spiro atoms. The van der Waals surface area contributed by atoms with E-state index in [1.165, 1.54) is 11.1 Å². The van der Waals surface area contributed by atoms with Gasteiger partial charge in [-0.25, -0.2) is 4.79 Å². The molecule has 5 heteroatoms. The molecule has 5 nitrogen and oxygen atoms in total. The quantitative estimate of drug-likeness (QED) is 0.800. The van der Waals surface area contributed by atoms with Crippen molar-refractivity contribution in [3.8, 4) is 0 Å². The van der Waals surface area contributed by atoms with Crippen molar-refractivity contribution in [3.63, 3.8) is 0 Å². The van der Waals surface area contributed by atoms with E-state index in [4.69, 9.17) is 0 Å². The fourth-order valence-corrected chi connectivity index (χ4v) is 2.26. The first-order chi connectivity index (χ1) is 11.8. The topological polar surface area (TPSA) is 62.3 Å². The summed E-state index contributed by atoms with van der Waals surface area (Å²) in [6, 6.07) is 21.0. The summed E-state index contributed by atoms with van der Waals surface area (Å²) in [6.07, 6.45) is 2.98. The van der Waals surface area contributed by atoms with E-state index in [1.807, 2.05) is 36.4 Å². The molecule has 0 radical (unpaired) electrons. The van der Waals surface area contributed by atoms with Gasteiger partial charge in [-0.05, 0) is 36.4 Å². The van der Waals surface area contributed by atoms with Crippen molar-refractivity contribution in [2.45, 2.75) is 0 Å². The number of para-hydroxylation sites is 2. The van der Waals surface area contributed by atoms with Gasteiger partial charge in [-0.2, -0.15) is 0 Å². The molecule has 2 aromatic carbocycles. The maximum atomic E-state index is 12.7. The van der Waals surface area contributed by atoms with E-state index in [0.717, 1.165) is 0 Å². The molecule has 0 bridgehead atoms. The average Bonchev–Trinajstić information content (AvgIpc) is 2.64. The van der Waals surface area contributed by atoms with Crippen molar-refractivity contribution in [2.24, 2.45) is 0 Å². The standard InChI is InChI=1S/C19H15N3O2/c23-18(15-8-7-13-20-14-15)21-19(24)22(16-9-3-1-4-10-16)17-11-5-2-6-12-17/h1-14H,(H,21,23,24). The molecule has 0 unspecified atom stereocenters. The number of rotatable bonds is 3. The fourth-order valence-electron chi connectivity index (χ4n) is 2.26. The normalized spacial score (nSPS) is 10.0. The van der Waals surface area contributed by atoms with Crippen LogP contribution in [0, 0.1) is 0 Å². The Balaban J connectivity index is 1.89. The van der Waals surface area contributed by atoms with Crippen molar-refractivity contribution in [1.82, 2.24) is 10.3 Å². The number of aromatic nitrogens is 1. The third-order valence-corrected chi connectivity index (χ3v) is 3.38. The Morgan fingerprint density at radius 2 is 1.38 bits per heavy atom. The van der Waals surface area contributed by atoms with Gasteiger partial charge in [0.15, 0.2) is 0 Å². The largest absolute Gasteiger partial charge is 0.333 e. The molecule has 0 saturated carbocycles. The predicted molar refractivity (Wildman–Crippen MR) is 92.1 cm³/mol. The molecule has 0 atom stereocenters. The molecule has 0 fully saturated rings. The Bertz CT molecular complexity index is 782. The zero-order valence-corrected chi connectivity index (χ0v) is 12.8. The van der Waals surface area contributed by atoms with Crippen LogP contribution in [0.2, 0.25) is 0 Å². The van der Waals surface area contributed by atoms with Gasteiger partial charge in [0, 0.05) is 12.4 Å². The first kappa shape index (κ1) is 15.4. The molecule has 1 N–H and O–H groups in total. The number of benzene rings is 2. The minimum absolute atomic E-state index is 0.326. The lowest BCUT2D eigenvalue weighted by molar-refractivity contribution is 0.0965. The zero-order valence-electron chi connectivity index (χ0n) is 12.8. The number of urea groups is 1. The second kappa shape index (κ2) is 7.19. The molecule has 0 aliphatic rings. The first-order valence-corrected chi connectivity index (χ1v) is 7.41. The summed E-state index contributed by atoms with van der Waals surface area (Å²) in [5.74, 6) is -0.495. The summed E-state index contributed by atoms with van der Waals surface area (Å²) in [5, 5.41) is 2.40. The van der Waals surface area contributed by atoms with Crippen LogP contribution in [-0.4, -0.2) is 16.9 Å². The van der Waals surface area contributed by atoms with Gasteiger partial charge in [-0.15, -0.1) is 0 Å². The third kappa shape index (κ3) is 3.47. The SMILES string of the molecule is O=C(NC(=O)N(c1ccccc1)c1ccccc1)c1cccnc1. The van der Waals surface area contributed by atoms with E-state index in [9.17, 15) is 9.59 Å². The van der Waals surface area contributed by atoms with Crippen molar-refractivity contribution in [1.29, 1.82) is 0 Å². The second-order valence-electron chi connectivity index (χ2n) is 5.01. The predicted octanol–water partition coefficient (Wildman–Crippen LogP) is 3.77. The molecule has 1 heterocycles. The number of pyridine rings is 1. The van der Waals surface area contributed by atoms with Crippen LogP contribution in [-0.2, 0) is 0 Å². The van der Waals surface area contributed by atoms with Crippen molar-refractivity contribution in [2.75, 3.05) is 4.90 Å². The number of carbonyl (C=O) groups is 2. The number of nitrogens with zero attached hydrogens (tertiary/aromatic N) is 2. The monoisotopic (exact) mass is 317 g/mol. The lowest BCUT2D eigenvalue weighted by atomic mass is 10.2. The van der Waals surface area contributed by atoms with E-state index < -0.39 is 11.9 Å². The molecule has 0 aliphatic carbocycles. The van der Waals surface area contributed by atoms with Crippen LogP contribution in [0.25, 0.3) is 0 Å². The number of amides is 3. The summed E-state index contributed by atoms with van der Waals surface area (Å²) < 4.78 is 0. The van der Waals surface area contributed by atoms with Gasteiger partial charge in [-0.3, -0.25) is 20.0 Å². The van der Waals surface area contributed by atoms with Gasteiger partial charge >= 0.3 is 6.03 Å². The molecular weight excluding hydrogens is 302 g/mol. The van der Waals surface area contributed by atoms with Gasteiger partial charge < -0.3 is 0 Å². The Kier molecular flexibility index (Phi) is 4.62. The first-order valence-electron chi connectivity index (χ1n) is 7.41. The van der Waals surface area contributed by atoms with E-state index in [-0.39, 0.29) is 0 Å². The smallest absolute Gasteiger partial charge is 0.273 e. The van der Waals surface area contributed by atoms with Crippen LogP contribution in [0.15, 0.2) is 85.2 Å².